The minimum Gasteiger partial charge on any atom is -0.328 e. The van der Waals surface area contributed by atoms with Crippen molar-refractivity contribution in [2.45, 2.75) is 31.9 Å². The Morgan fingerprint density at radius 3 is 2.45 bits per heavy atom. The van der Waals surface area contributed by atoms with Gasteiger partial charge in [-0.15, -0.1) is 0 Å². The number of hydrogen-bond donors (Lipinski definition) is 0. The number of alkyl halides is 5. The molecule has 0 radical (unpaired) electrons. The van der Waals surface area contributed by atoms with Gasteiger partial charge in [0, 0.05) is 12.7 Å². The fraction of sp³-hybridized carbons (Fsp3) is 0.571. The topological polar surface area (TPSA) is 33.2 Å². The maximum absolute atomic E-state index is 14.3. The zero-order valence-electron chi connectivity index (χ0n) is 11.8. The van der Waals surface area contributed by atoms with E-state index in [0.717, 1.165) is 6.20 Å². The molecule has 1 amide bonds. The molecule has 0 N–H and O–H groups in total. The fourth-order valence-electron chi connectivity index (χ4n) is 2.16. The third kappa shape index (κ3) is 3.92. The molecule has 1 heterocycles. The molecule has 0 bridgehead atoms. The molecule has 8 heteroatoms. The van der Waals surface area contributed by atoms with E-state index in [1.807, 2.05) is 0 Å². The van der Waals surface area contributed by atoms with E-state index in [1.165, 1.54) is 19.1 Å². The number of carbonyl (C=O) groups is 1. The summed E-state index contributed by atoms with van der Waals surface area (Å²) in [6.07, 6.45) is -2.34. The van der Waals surface area contributed by atoms with Crippen molar-refractivity contribution in [3.63, 3.8) is 0 Å². The smallest absolute Gasteiger partial charge is 0.328 e. The van der Waals surface area contributed by atoms with E-state index in [-0.39, 0.29) is 22.9 Å². The lowest BCUT2D eigenvalue weighted by molar-refractivity contribution is -0.179. The molecule has 0 spiro atoms. The molecule has 1 aliphatic rings. The molecule has 0 aliphatic heterocycles. The van der Waals surface area contributed by atoms with Gasteiger partial charge in [0.1, 0.15) is 12.2 Å². The lowest BCUT2D eigenvalue weighted by Gasteiger charge is -2.28. The van der Waals surface area contributed by atoms with Crippen LogP contribution in [-0.2, 0) is 10.7 Å². The molecule has 1 aliphatic carbocycles. The molecule has 1 aromatic rings. The predicted molar refractivity (Wildman–Crippen MR) is 68.2 cm³/mol. The van der Waals surface area contributed by atoms with Crippen LogP contribution in [0.25, 0.3) is 0 Å². The van der Waals surface area contributed by atoms with Gasteiger partial charge in [-0.2, -0.15) is 22.0 Å². The van der Waals surface area contributed by atoms with Crippen LogP contribution >= 0.6 is 0 Å². The predicted octanol–water partition coefficient (Wildman–Crippen LogP) is 3.28. The number of aryl methyl sites for hydroxylation is 1. The maximum atomic E-state index is 14.3. The monoisotopic (exact) mass is 322 g/mol. The van der Waals surface area contributed by atoms with Gasteiger partial charge in [-0.1, -0.05) is 6.07 Å². The zero-order valence-corrected chi connectivity index (χ0v) is 11.8. The van der Waals surface area contributed by atoms with E-state index >= 15 is 0 Å². The Kier molecular flexibility index (Phi) is 4.39. The van der Waals surface area contributed by atoms with Gasteiger partial charge in [0.05, 0.1) is 0 Å². The number of amides is 1. The summed E-state index contributed by atoms with van der Waals surface area (Å²) in [6.45, 7) is -0.651. The SMILES string of the molecule is Cc1cccnc1C(F)(F)C(=O)N(CC1CC1)CC(F)(F)F. The van der Waals surface area contributed by atoms with Crippen LogP contribution in [0.4, 0.5) is 22.0 Å². The van der Waals surface area contributed by atoms with Crippen molar-refractivity contribution in [2.24, 2.45) is 5.92 Å². The Labute approximate surface area is 124 Å². The van der Waals surface area contributed by atoms with Gasteiger partial charge in [0.2, 0.25) is 0 Å². The van der Waals surface area contributed by atoms with Gasteiger partial charge >= 0.3 is 12.1 Å². The summed E-state index contributed by atoms with van der Waals surface area (Å²) in [5, 5.41) is 0. The second-order valence-corrected chi connectivity index (χ2v) is 5.49. The van der Waals surface area contributed by atoms with E-state index in [2.05, 4.69) is 4.98 Å². The van der Waals surface area contributed by atoms with Crippen molar-refractivity contribution in [1.29, 1.82) is 0 Å². The van der Waals surface area contributed by atoms with Crippen LogP contribution in [0, 0.1) is 12.8 Å². The summed E-state index contributed by atoms with van der Waals surface area (Å²) >= 11 is 0. The Bertz CT molecular complexity index is 554. The van der Waals surface area contributed by atoms with Gasteiger partial charge in [0.15, 0.2) is 0 Å². The summed E-state index contributed by atoms with van der Waals surface area (Å²) in [5.74, 6) is -6.06. The van der Waals surface area contributed by atoms with E-state index in [4.69, 9.17) is 0 Å². The third-order valence-electron chi connectivity index (χ3n) is 3.41. The minimum absolute atomic E-state index is 0.0548. The first-order chi connectivity index (χ1) is 10.1. The molecule has 1 aromatic heterocycles. The van der Waals surface area contributed by atoms with Crippen molar-refractivity contribution in [1.82, 2.24) is 9.88 Å². The summed E-state index contributed by atoms with van der Waals surface area (Å²) in [4.78, 5) is 15.7. The van der Waals surface area contributed by atoms with Crippen LogP contribution in [0.1, 0.15) is 24.1 Å². The highest BCUT2D eigenvalue weighted by Crippen LogP contribution is 2.35. The lowest BCUT2D eigenvalue weighted by Crippen LogP contribution is -2.47. The number of nitrogens with zero attached hydrogens (tertiary/aromatic N) is 2. The molecule has 1 saturated carbocycles. The molecule has 0 aromatic carbocycles. The molecule has 3 nitrogen and oxygen atoms in total. The van der Waals surface area contributed by atoms with Gasteiger partial charge in [-0.3, -0.25) is 9.78 Å². The Hall–Kier alpha value is -1.73. The van der Waals surface area contributed by atoms with E-state index in [1.54, 1.807) is 0 Å². The second-order valence-electron chi connectivity index (χ2n) is 5.49. The fourth-order valence-corrected chi connectivity index (χ4v) is 2.16. The summed E-state index contributed by atoms with van der Waals surface area (Å²) in [5.41, 5.74) is -0.748. The lowest BCUT2D eigenvalue weighted by atomic mass is 10.1. The first-order valence-electron chi connectivity index (χ1n) is 6.77. The number of aromatic nitrogens is 1. The van der Waals surface area contributed by atoms with E-state index < -0.39 is 30.2 Å². The highest BCUT2D eigenvalue weighted by molar-refractivity contribution is 5.84. The normalized spacial score (nSPS) is 15.7. The van der Waals surface area contributed by atoms with Crippen molar-refractivity contribution in [2.75, 3.05) is 13.1 Å². The summed E-state index contributed by atoms with van der Waals surface area (Å²) in [6, 6.07) is 2.75. The maximum Gasteiger partial charge on any atom is 0.406 e. The van der Waals surface area contributed by atoms with Gasteiger partial charge < -0.3 is 4.90 Å². The Morgan fingerprint density at radius 1 is 1.32 bits per heavy atom. The van der Waals surface area contributed by atoms with Crippen LogP contribution in [-0.4, -0.2) is 35.1 Å². The van der Waals surface area contributed by atoms with Crippen LogP contribution in [0.2, 0.25) is 0 Å². The standard InChI is InChI=1S/C14H15F5N2O/c1-9-3-2-6-20-11(9)14(18,19)12(22)21(7-10-4-5-10)8-13(15,16)17/h2-3,6,10H,4-5,7-8H2,1H3. The summed E-state index contributed by atoms with van der Waals surface area (Å²) in [7, 11) is 0. The van der Waals surface area contributed by atoms with Crippen molar-refractivity contribution < 1.29 is 26.7 Å². The highest BCUT2D eigenvalue weighted by Gasteiger charge is 2.49. The van der Waals surface area contributed by atoms with Crippen molar-refractivity contribution in [3.05, 3.63) is 29.6 Å². The number of halogens is 5. The molecule has 22 heavy (non-hydrogen) atoms. The molecular weight excluding hydrogens is 307 g/mol. The number of hydrogen-bond acceptors (Lipinski definition) is 2. The van der Waals surface area contributed by atoms with E-state index in [0.29, 0.717) is 12.8 Å². The average molecular weight is 322 g/mol. The average Bonchev–Trinajstić information content (AvgIpc) is 3.19. The zero-order chi connectivity index (χ0) is 16.5. The quantitative estimate of drug-likeness (QED) is 0.780. The Balaban J connectivity index is 2.25. The molecule has 0 unspecified atom stereocenters. The number of rotatable bonds is 5. The van der Waals surface area contributed by atoms with Crippen LogP contribution in [0.15, 0.2) is 18.3 Å². The van der Waals surface area contributed by atoms with Crippen LogP contribution in [0.3, 0.4) is 0 Å². The number of pyridine rings is 1. The largest absolute Gasteiger partial charge is 0.406 e. The minimum atomic E-state index is -4.72. The second kappa shape index (κ2) is 5.81. The molecule has 1 fully saturated rings. The summed E-state index contributed by atoms with van der Waals surface area (Å²) < 4.78 is 66.2. The first kappa shape index (κ1) is 16.6. The number of carbonyl (C=O) groups excluding carboxylic acids is 1. The van der Waals surface area contributed by atoms with Crippen molar-refractivity contribution in [3.8, 4) is 0 Å². The van der Waals surface area contributed by atoms with Gasteiger partial charge in [0.25, 0.3) is 5.91 Å². The molecule has 0 atom stereocenters. The van der Waals surface area contributed by atoms with Gasteiger partial charge in [-0.05, 0) is 37.3 Å². The highest BCUT2D eigenvalue weighted by atomic mass is 19.4. The van der Waals surface area contributed by atoms with Crippen LogP contribution in [0.5, 0.6) is 0 Å². The molecular formula is C14H15F5N2O. The molecule has 2 rings (SSSR count). The first-order valence-corrected chi connectivity index (χ1v) is 6.77. The van der Waals surface area contributed by atoms with Crippen LogP contribution < -0.4 is 0 Å². The molecule has 122 valence electrons. The third-order valence-corrected chi connectivity index (χ3v) is 3.41. The molecule has 0 saturated heterocycles. The van der Waals surface area contributed by atoms with E-state index in [9.17, 15) is 26.7 Å². The Morgan fingerprint density at radius 2 is 1.95 bits per heavy atom. The van der Waals surface area contributed by atoms with Crippen molar-refractivity contribution >= 4 is 5.91 Å². The van der Waals surface area contributed by atoms with Gasteiger partial charge in [-0.25, -0.2) is 0 Å².